The third-order valence-electron chi connectivity index (χ3n) is 5.37. The van der Waals surface area contributed by atoms with Crippen LogP contribution in [0.25, 0.3) is 10.9 Å². The molecule has 2 aliphatic rings. The second kappa shape index (κ2) is 5.96. The maximum Gasteiger partial charge on any atom is 0.225 e. The lowest BCUT2D eigenvalue weighted by Gasteiger charge is -2.42. The fourth-order valence-corrected chi connectivity index (χ4v) is 3.86. The van der Waals surface area contributed by atoms with Crippen molar-refractivity contribution in [1.82, 2.24) is 19.8 Å². The van der Waals surface area contributed by atoms with Gasteiger partial charge in [0.2, 0.25) is 5.91 Å². The summed E-state index contributed by atoms with van der Waals surface area (Å²) in [5, 5.41) is 1.22. The summed E-state index contributed by atoms with van der Waals surface area (Å²) in [4.78, 5) is 24.7. The highest BCUT2D eigenvalue weighted by molar-refractivity contribution is 5.81. The first-order valence-corrected chi connectivity index (χ1v) is 8.59. The SMILES string of the molecule is CN1CCC(C(=O)N2CC(Cc3nccc4cc[nH]c34)C2)CC1. The number of nitrogens with one attached hydrogen (secondary N) is 1. The van der Waals surface area contributed by atoms with Gasteiger partial charge in [-0.25, -0.2) is 0 Å². The lowest BCUT2D eigenvalue weighted by Crippen LogP contribution is -2.53. The van der Waals surface area contributed by atoms with Crippen LogP contribution in [0.5, 0.6) is 0 Å². The van der Waals surface area contributed by atoms with E-state index in [9.17, 15) is 4.79 Å². The van der Waals surface area contributed by atoms with Crippen LogP contribution < -0.4 is 0 Å². The first kappa shape index (κ1) is 14.7. The number of carbonyl (C=O) groups excluding carboxylic acids is 1. The molecule has 0 saturated carbocycles. The average molecular weight is 312 g/mol. The second-order valence-corrected chi connectivity index (χ2v) is 7.09. The van der Waals surface area contributed by atoms with E-state index in [2.05, 4.69) is 32.9 Å². The number of likely N-dealkylation sites (tertiary alicyclic amines) is 2. The van der Waals surface area contributed by atoms with E-state index in [1.165, 1.54) is 5.39 Å². The Labute approximate surface area is 136 Å². The van der Waals surface area contributed by atoms with Crippen molar-refractivity contribution in [2.24, 2.45) is 11.8 Å². The minimum Gasteiger partial charge on any atom is -0.360 e. The van der Waals surface area contributed by atoms with Crippen LogP contribution in [-0.4, -0.2) is 58.9 Å². The number of H-pyrrole nitrogens is 1. The van der Waals surface area contributed by atoms with Gasteiger partial charge < -0.3 is 14.8 Å². The molecule has 2 aromatic heterocycles. The van der Waals surface area contributed by atoms with Crippen molar-refractivity contribution in [2.45, 2.75) is 19.3 Å². The molecule has 2 aromatic rings. The minimum atomic E-state index is 0.247. The van der Waals surface area contributed by atoms with E-state index in [1.54, 1.807) is 0 Å². The average Bonchev–Trinajstić information content (AvgIpc) is 3.00. The van der Waals surface area contributed by atoms with E-state index in [4.69, 9.17) is 0 Å². The summed E-state index contributed by atoms with van der Waals surface area (Å²) in [7, 11) is 2.13. The molecule has 2 fully saturated rings. The number of carbonyl (C=O) groups is 1. The Morgan fingerprint density at radius 2 is 2.09 bits per heavy atom. The predicted molar refractivity (Wildman–Crippen MR) is 90.1 cm³/mol. The number of aromatic amines is 1. The van der Waals surface area contributed by atoms with Crippen LogP contribution in [-0.2, 0) is 11.2 Å². The Hall–Kier alpha value is -1.88. The molecule has 1 amide bonds. The number of piperidine rings is 1. The smallest absolute Gasteiger partial charge is 0.225 e. The van der Waals surface area contributed by atoms with Gasteiger partial charge in [0.05, 0.1) is 11.2 Å². The molecular weight excluding hydrogens is 288 g/mol. The number of nitrogens with zero attached hydrogens (tertiary/aromatic N) is 3. The predicted octanol–water partition coefficient (Wildman–Crippen LogP) is 1.91. The van der Waals surface area contributed by atoms with Crippen molar-refractivity contribution < 1.29 is 4.79 Å². The molecule has 4 rings (SSSR count). The van der Waals surface area contributed by atoms with E-state index < -0.39 is 0 Å². The largest absolute Gasteiger partial charge is 0.360 e. The fourth-order valence-electron chi connectivity index (χ4n) is 3.86. The highest BCUT2D eigenvalue weighted by Gasteiger charge is 2.35. The van der Waals surface area contributed by atoms with Crippen LogP contribution >= 0.6 is 0 Å². The maximum absolute atomic E-state index is 12.5. The summed E-state index contributed by atoms with van der Waals surface area (Å²) in [6, 6.07) is 4.11. The van der Waals surface area contributed by atoms with Gasteiger partial charge in [-0.15, -0.1) is 0 Å². The molecule has 4 heterocycles. The molecule has 0 aliphatic carbocycles. The van der Waals surface area contributed by atoms with Gasteiger partial charge in [-0.2, -0.15) is 0 Å². The van der Waals surface area contributed by atoms with Gasteiger partial charge in [0, 0.05) is 36.8 Å². The van der Waals surface area contributed by atoms with Crippen molar-refractivity contribution in [1.29, 1.82) is 0 Å². The molecule has 0 bridgehead atoms. The van der Waals surface area contributed by atoms with Crippen molar-refractivity contribution in [3.05, 3.63) is 30.2 Å². The molecule has 0 radical (unpaired) electrons. The molecule has 0 aromatic carbocycles. The first-order valence-electron chi connectivity index (χ1n) is 8.59. The lowest BCUT2D eigenvalue weighted by atomic mass is 9.89. The zero-order valence-corrected chi connectivity index (χ0v) is 13.7. The van der Waals surface area contributed by atoms with Gasteiger partial charge in [0.1, 0.15) is 0 Å². The summed E-state index contributed by atoms with van der Waals surface area (Å²) in [6.45, 7) is 3.88. The van der Waals surface area contributed by atoms with Gasteiger partial charge in [-0.05, 0) is 57.5 Å². The molecule has 0 atom stereocenters. The van der Waals surface area contributed by atoms with E-state index in [-0.39, 0.29) is 5.92 Å². The molecule has 2 saturated heterocycles. The summed E-state index contributed by atoms with van der Waals surface area (Å²) in [5.41, 5.74) is 2.27. The van der Waals surface area contributed by atoms with E-state index in [1.807, 2.05) is 18.5 Å². The number of aromatic nitrogens is 2. The Balaban J connectivity index is 1.33. The quantitative estimate of drug-likeness (QED) is 0.942. The monoisotopic (exact) mass is 312 g/mol. The summed E-state index contributed by atoms with van der Waals surface area (Å²) in [6.07, 6.45) is 6.83. The molecule has 23 heavy (non-hydrogen) atoms. The molecule has 0 spiro atoms. The second-order valence-electron chi connectivity index (χ2n) is 7.09. The lowest BCUT2D eigenvalue weighted by molar-refractivity contribution is -0.143. The number of hydrogen-bond acceptors (Lipinski definition) is 3. The number of rotatable bonds is 3. The Morgan fingerprint density at radius 1 is 1.30 bits per heavy atom. The summed E-state index contributed by atoms with van der Waals surface area (Å²) < 4.78 is 0. The Morgan fingerprint density at radius 3 is 2.87 bits per heavy atom. The zero-order valence-electron chi connectivity index (χ0n) is 13.7. The number of pyridine rings is 1. The van der Waals surface area contributed by atoms with Gasteiger partial charge in [0.15, 0.2) is 0 Å². The molecule has 122 valence electrons. The molecule has 5 nitrogen and oxygen atoms in total. The van der Waals surface area contributed by atoms with Gasteiger partial charge in [-0.3, -0.25) is 9.78 Å². The van der Waals surface area contributed by atoms with Gasteiger partial charge >= 0.3 is 0 Å². The molecule has 1 N–H and O–H groups in total. The fraction of sp³-hybridized carbons (Fsp3) is 0.556. The molecule has 2 aliphatic heterocycles. The zero-order chi connectivity index (χ0) is 15.8. The molecular formula is C18H24N4O. The molecule has 0 unspecified atom stereocenters. The van der Waals surface area contributed by atoms with Crippen molar-refractivity contribution >= 4 is 16.8 Å². The van der Waals surface area contributed by atoms with Crippen molar-refractivity contribution in [2.75, 3.05) is 33.2 Å². The van der Waals surface area contributed by atoms with E-state index in [0.717, 1.165) is 56.7 Å². The van der Waals surface area contributed by atoms with Crippen LogP contribution in [0.1, 0.15) is 18.5 Å². The van der Waals surface area contributed by atoms with E-state index in [0.29, 0.717) is 11.8 Å². The van der Waals surface area contributed by atoms with Crippen LogP contribution in [0.15, 0.2) is 24.5 Å². The summed E-state index contributed by atoms with van der Waals surface area (Å²) in [5.74, 6) is 1.17. The van der Waals surface area contributed by atoms with Crippen LogP contribution in [0.3, 0.4) is 0 Å². The van der Waals surface area contributed by atoms with Crippen LogP contribution in [0.4, 0.5) is 0 Å². The Bertz CT molecular complexity index is 696. The van der Waals surface area contributed by atoms with Gasteiger partial charge in [0.25, 0.3) is 0 Å². The van der Waals surface area contributed by atoms with Crippen LogP contribution in [0, 0.1) is 11.8 Å². The highest BCUT2D eigenvalue weighted by atomic mass is 16.2. The first-order chi connectivity index (χ1) is 11.2. The number of fused-ring (bicyclic) bond motifs is 1. The topological polar surface area (TPSA) is 52.2 Å². The minimum absolute atomic E-state index is 0.247. The number of hydrogen-bond donors (Lipinski definition) is 1. The third kappa shape index (κ3) is 2.85. The van der Waals surface area contributed by atoms with Crippen molar-refractivity contribution in [3.63, 3.8) is 0 Å². The third-order valence-corrected chi connectivity index (χ3v) is 5.37. The summed E-state index contributed by atoms with van der Waals surface area (Å²) >= 11 is 0. The van der Waals surface area contributed by atoms with Crippen LogP contribution in [0.2, 0.25) is 0 Å². The maximum atomic E-state index is 12.5. The standard InChI is InChI=1S/C18H24N4O/c1-21-8-4-15(5-9-21)18(23)22-11-13(12-22)10-16-17-14(2-6-19-16)3-7-20-17/h2-3,6-7,13,15,20H,4-5,8-12H2,1H3. The number of amides is 1. The van der Waals surface area contributed by atoms with Gasteiger partial charge in [-0.1, -0.05) is 0 Å². The highest BCUT2D eigenvalue weighted by Crippen LogP contribution is 2.27. The molecule has 5 heteroatoms. The van der Waals surface area contributed by atoms with Crippen molar-refractivity contribution in [3.8, 4) is 0 Å². The van der Waals surface area contributed by atoms with E-state index >= 15 is 0 Å². The Kier molecular flexibility index (Phi) is 3.81. The normalized spacial score (nSPS) is 20.8.